The number of aromatic hydroxyl groups is 1. The van der Waals surface area contributed by atoms with E-state index in [-0.39, 0.29) is 5.75 Å². The van der Waals surface area contributed by atoms with Crippen molar-refractivity contribution in [3.05, 3.63) is 49.2 Å². The van der Waals surface area contributed by atoms with Crippen LogP contribution in [0.25, 0.3) is 10.8 Å². The molecule has 2 aromatic rings. The van der Waals surface area contributed by atoms with Crippen LogP contribution in [0.15, 0.2) is 49.2 Å². The highest BCUT2D eigenvalue weighted by Gasteiger charge is 2.01. The molecule has 14 heavy (non-hydrogen) atoms. The third-order valence-electron chi connectivity index (χ3n) is 2.04. The summed E-state index contributed by atoms with van der Waals surface area (Å²) in [6.45, 7) is 3.50. The minimum absolute atomic E-state index is 0.234. The summed E-state index contributed by atoms with van der Waals surface area (Å²) >= 11 is 0. The number of benzene rings is 2. The average Bonchev–Trinajstić information content (AvgIpc) is 2.19. The molecule has 0 aliphatic heterocycles. The summed E-state index contributed by atoms with van der Waals surface area (Å²) in [6, 6.07) is 10.9. The van der Waals surface area contributed by atoms with Crippen LogP contribution in [0.1, 0.15) is 0 Å². The summed E-state index contributed by atoms with van der Waals surface area (Å²) < 4.78 is 5.23. The second kappa shape index (κ2) is 3.42. The Morgan fingerprint density at radius 2 is 2.07 bits per heavy atom. The molecule has 0 spiro atoms. The zero-order chi connectivity index (χ0) is 9.97. The van der Waals surface area contributed by atoms with E-state index in [2.05, 4.69) is 6.58 Å². The number of fused-ring (bicyclic) bond motifs is 1. The first kappa shape index (κ1) is 8.63. The molecule has 1 N–H and O–H groups in total. The molecule has 0 unspecified atom stereocenters. The van der Waals surface area contributed by atoms with Gasteiger partial charge in [0, 0.05) is 5.39 Å². The van der Waals surface area contributed by atoms with Gasteiger partial charge in [-0.2, -0.15) is 0 Å². The van der Waals surface area contributed by atoms with Crippen molar-refractivity contribution in [2.75, 3.05) is 0 Å². The maximum Gasteiger partial charge on any atom is 0.134 e. The minimum Gasteiger partial charge on any atom is -0.508 e. The van der Waals surface area contributed by atoms with Gasteiger partial charge in [-0.05, 0) is 23.6 Å². The van der Waals surface area contributed by atoms with E-state index in [0.717, 1.165) is 10.8 Å². The van der Waals surface area contributed by atoms with Crippen molar-refractivity contribution < 1.29 is 9.84 Å². The minimum atomic E-state index is 0.234. The Labute approximate surface area is 82.1 Å². The molecule has 0 saturated heterocycles. The lowest BCUT2D eigenvalue weighted by molar-refractivity contribution is 0.473. The molecule has 2 nitrogen and oxygen atoms in total. The first-order valence-electron chi connectivity index (χ1n) is 4.30. The normalized spacial score (nSPS) is 10.0. The number of phenolic OH excluding ortho intramolecular Hbond substituents is 1. The highest BCUT2D eigenvalue weighted by Crippen LogP contribution is 2.28. The summed E-state index contributed by atoms with van der Waals surface area (Å²) in [6.07, 6.45) is 1.37. The zero-order valence-electron chi connectivity index (χ0n) is 7.60. The van der Waals surface area contributed by atoms with E-state index in [9.17, 15) is 5.11 Å². The van der Waals surface area contributed by atoms with Gasteiger partial charge in [-0.15, -0.1) is 0 Å². The van der Waals surface area contributed by atoms with Crippen LogP contribution in [0.4, 0.5) is 0 Å². The lowest BCUT2D eigenvalue weighted by Gasteiger charge is -2.05. The first-order valence-corrected chi connectivity index (χ1v) is 4.30. The van der Waals surface area contributed by atoms with Gasteiger partial charge < -0.3 is 9.84 Å². The number of phenols is 1. The Morgan fingerprint density at radius 1 is 1.21 bits per heavy atom. The van der Waals surface area contributed by atoms with Gasteiger partial charge in [-0.1, -0.05) is 24.8 Å². The molecule has 2 heteroatoms. The Morgan fingerprint density at radius 3 is 2.86 bits per heavy atom. The van der Waals surface area contributed by atoms with Gasteiger partial charge in [0.1, 0.15) is 11.5 Å². The molecule has 70 valence electrons. The van der Waals surface area contributed by atoms with Crippen LogP contribution in [0.5, 0.6) is 11.5 Å². The molecule has 0 heterocycles. The van der Waals surface area contributed by atoms with Crippen LogP contribution in [0.2, 0.25) is 0 Å². The van der Waals surface area contributed by atoms with Gasteiger partial charge in [-0.25, -0.2) is 0 Å². The highest BCUT2D eigenvalue weighted by atomic mass is 16.5. The van der Waals surface area contributed by atoms with E-state index in [1.165, 1.54) is 6.26 Å². The van der Waals surface area contributed by atoms with Crippen LogP contribution >= 0.6 is 0 Å². The van der Waals surface area contributed by atoms with Gasteiger partial charge >= 0.3 is 0 Å². The lowest BCUT2D eigenvalue weighted by Crippen LogP contribution is -1.82. The molecular weight excluding hydrogens is 176 g/mol. The fourth-order valence-corrected chi connectivity index (χ4v) is 1.42. The quantitative estimate of drug-likeness (QED) is 0.730. The highest BCUT2D eigenvalue weighted by molar-refractivity contribution is 5.89. The maximum absolute atomic E-state index is 9.34. The molecule has 2 rings (SSSR count). The van der Waals surface area contributed by atoms with Crippen molar-refractivity contribution >= 4 is 10.8 Å². The zero-order valence-corrected chi connectivity index (χ0v) is 7.60. The van der Waals surface area contributed by atoms with Crippen molar-refractivity contribution in [2.24, 2.45) is 0 Å². The second-order valence-corrected chi connectivity index (χ2v) is 2.95. The Kier molecular flexibility index (Phi) is 2.11. The van der Waals surface area contributed by atoms with Gasteiger partial charge in [0.15, 0.2) is 0 Å². The SMILES string of the molecule is C=COc1cccc2ccc(O)cc12. The molecule has 0 atom stereocenters. The first-order chi connectivity index (χ1) is 6.81. The molecule has 0 radical (unpaired) electrons. The number of hydrogen-bond donors (Lipinski definition) is 1. The standard InChI is InChI=1S/C12H10O2/c1-2-14-12-5-3-4-9-6-7-10(13)8-11(9)12/h2-8,13H,1H2. The van der Waals surface area contributed by atoms with E-state index >= 15 is 0 Å². The van der Waals surface area contributed by atoms with E-state index in [1.807, 2.05) is 24.3 Å². The summed E-state index contributed by atoms with van der Waals surface area (Å²) in [5.74, 6) is 0.936. The molecule has 0 fully saturated rings. The van der Waals surface area contributed by atoms with Crippen LogP contribution in [0.3, 0.4) is 0 Å². The fraction of sp³-hybridized carbons (Fsp3) is 0. The van der Waals surface area contributed by atoms with E-state index < -0.39 is 0 Å². The second-order valence-electron chi connectivity index (χ2n) is 2.95. The van der Waals surface area contributed by atoms with Gasteiger partial charge in [0.25, 0.3) is 0 Å². The molecule has 2 aromatic carbocycles. The van der Waals surface area contributed by atoms with Crippen molar-refractivity contribution in [1.82, 2.24) is 0 Å². The summed E-state index contributed by atoms with van der Waals surface area (Å²) in [5, 5.41) is 11.3. The van der Waals surface area contributed by atoms with E-state index in [4.69, 9.17) is 4.74 Å². The van der Waals surface area contributed by atoms with Gasteiger partial charge in [0.05, 0.1) is 6.26 Å². The lowest BCUT2D eigenvalue weighted by atomic mass is 10.1. The van der Waals surface area contributed by atoms with E-state index in [1.54, 1.807) is 12.1 Å². The largest absolute Gasteiger partial charge is 0.508 e. The van der Waals surface area contributed by atoms with Gasteiger partial charge in [0.2, 0.25) is 0 Å². The molecule has 0 aliphatic rings. The third kappa shape index (κ3) is 1.42. The molecule has 0 bridgehead atoms. The van der Waals surface area contributed by atoms with E-state index in [0.29, 0.717) is 5.75 Å². The average molecular weight is 186 g/mol. The van der Waals surface area contributed by atoms with Crippen molar-refractivity contribution in [2.45, 2.75) is 0 Å². The number of hydrogen-bond acceptors (Lipinski definition) is 2. The molecule has 0 amide bonds. The topological polar surface area (TPSA) is 29.5 Å². The molecule has 0 aliphatic carbocycles. The predicted octanol–water partition coefficient (Wildman–Crippen LogP) is 3.07. The van der Waals surface area contributed by atoms with Crippen LogP contribution in [0, 0.1) is 0 Å². The van der Waals surface area contributed by atoms with Crippen LogP contribution in [-0.2, 0) is 0 Å². The third-order valence-corrected chi connectivity index (χ3v) is 2.04. The maximum atomic E-state index is 9.34. The number of rotatable bonds is 2. The summed E-state index contributed by atoms with van der Waals surface area (Å²) in [4.78, 5) is 0. The number of ether oxygens (including phenoxy) is 1. The molecule has 0 aromatic heterocycles. The molecule has 0 saturated carbocycles. The van der Waals surface area contributed by atoms with Gasteiger partial charge in [-0.3, -0.25) is 0 Å². The van der Waals surface area contributed by atoms with Crippen molar-refractivity contribution in [3.8, 4) is 11.5 Å². The Balaban J connectivity index is 2.70. The van der Waals surface area contributed by atoms with Crippen molar-refractivity contribution in [1.29, 1.82) is 0 Å². The van der Waals surface area contributed by atoms with Crippen molar-refractivity contribution in [3.63, 3.8) is 0 Å². The summed E-state index contributed by atoms with van der Waals surface area (Å²) in [7, 11) is 0. The monoisotopic (exact) mass is 186 g/mol. The Bertz CT molecular complexity index is 475. The predicted molar refractivity (Wildman–Crippen MR) is 56.4 cm³/mol. The van der Waals surface area contributed by atoms with Crippen LogP contribution in [-0.4, -0.2) is 5.11 Å². The summed E-state index contributed by atoms with van der Waals surface area (Å²) in [5.41, 5.74) is 0. The fourth-order valence-electron chi connectivity index (χ4n) is 1.42. The smallest absolute Gasteiger partial charge is 0.134 e. The Hall–Kier alpha value is -1.96. The van der Waals surface area contributed by atoms with Crippen LogP contribution < -0.4 is 4.74 Å². The molecular formula is C12H10O2.